The zero-order valence-electron chi connectivity index (χ0n) is 12.3. The highest BCUT2D eigenvalue weighted by atomic mass is 16.6. The quantitative estimate of drug-likeness (QED) is 0.481. The van der Waals surface area contributed by atoms with Gasteiger partial charge in [0.2, 0.25) is 0 Å². The molecule has 0 amide bonds. The first-order valence-electron chi connectivity index (χ1n) is 6.69. The fourth-order valence-corrected chi connectivity index (χ4v) is 2.55. The minimum absolute atomic E-state index is 0.0121. The fraction of sp³-hybridized carbons (Fsp3) is 0.333. The van der Waals surface area contributed by atoms with Crippen LogP contribution in [0, 0.1) is 24.0 Å². The summed E-state index contributed by atoms with van der Waals surface area (Å²) in [5.74, 6) is -0.0121. The minimum Gasteiger partial charge on any atom is -0.294 e. The van der Waals surface area contributed by atoms with Gasteiger partial charge in [-0.15, -0.1) is 0 Å². The van der Waals surface area contributed by atoms with E-state index in [2.05, 4.69) is 5.10 Å². The lowest BCUT2D eigenvalue weighted by molar-refractivity contribution is -0.385. The topological polar surface area (TPSA) is 78.0 Å². The highest BCUT2D eigenvalue weighted by Crippen LogP contribution is 2.20. The van der Waals surface area contributed by atoms with Gasteiger partial charge in [0.05, 0.1) is 16.2 Å². The Morgan fingerprint density at radius 2 is 2.00 bits per heavy atom. The van der Waals surface area contributed by atoms with Crippen LogP contribution in [-0.2, 0) is 13.0 Å². The van der Waals surface area contributed by atoms with Crippen LogP contribution in [0.15, 0.2) is 24.3 Å². The molecule has 1 aromatic carbocycles. The Bertz CT molecular complexity index is 704. The van der Waals surface area contributed by atoms with E-state index < -0.39 is 0 Å². The molecular formula is C15H17N3O3. The molecule has 21 heavy (non-hydrogen) atoms. The molecule has 0 spiro atoms. The highest BCUT2D eigenvalue weighted by Gasteiger charge is 2.16. The number of hydrogen-bond donors (Lipinski definition) is 0. The van der Waals surface area contributed by atoms with Crippen molar-refractivity contribution in [3.63, 3.8) is 0 Å². The summed E-state index contributed by atoms with van der Waals surface area (Å²) in [6.07, 6.45) is 0.496. The number of aromatic nitrogens is 2. The van der Waals surface area contributed by atoms with Crippen molar-refractivity contribution in [1.29, 1.82) is 0 Å². The van der Waals surface area contributed by atoms with Gasteiger partial charge in [-0.1, -0.05) is 18.2 Å². The number of nitro groups is 1. The van der Waals surface area contributed by atoms with Gasteiger partial charge in [0.1, 0.15) is 0 Å². The molecule has 0 N–H and O–H groups in total. The highest BCUT2D eigenvalue weighted by molar-refractivity contribution is 5.96. The first-order chi connectivity index (χ1) is 9.91. The molecular weight excluding hydrogens is 270 g/mol. The summed E-state index contributed by atoms with van der Waals surface area (Å²) < 4.78 is 1.74. The maximum absolute atomic E-state index is 11.6. The summed E-state index contributed by atoms with van der Waals surface area (Å²) in [5.41, 5.74) is 2.92. The van der Waals surface area contributed by atoms with E-state index in [1.807, 2.05) is 6.92 Å². The van der Waals surface area contributed by atoms with Gasteiger partial charge in [-0.3, -0.25) is 19.6 Å². The van der Waals surface area contributed by atoms with Crippen molar-refractivity contribution in [2.75, 3.05) is 0 Å². The zero-order valence-corrected chi connectivity index (χ0v) is 12.3. The summed E-state index contributed by atoms with van der Waals surface area (Å²) in [6.45, 7) is 5.66. The Labute approximate surface area is 122 Å². The Kier molecular flexibility index (Phi) is 4.16. The number of carbonyl (C=O) groups is 1. The predicted octanol–water partition coefficient (Wildman–Crippen LogP) is 2.85. The van der Waals surface area contributed by atoms with Crippen molar-refractivity contribution < 1.29 is 9.72 Å². The van der Waals surface area contributed by atoms with Gasteiger partial charge in [0.25, 0.3) is 5.69 Å². The first kappa shape index (κ1) is 14.9. The summed E-state index contributed by atoms with van der Waals surface area (Å²) in [6, 6.07) is 6.68. The monoisotopic (exact) mass is 287 g/mol. The third-order valence-electron chi connectivity index (χ3n) is 3.51. The maximum Gasteiger partial charge on any atom is 0.272 e. The Morgan fingerprint density at radius 1 is 1.33 bits per heavy atom. The molecule has 0 saturated heterocycles. The van der Waals surface area contributed by atoms with Gasteiger partial charge in [0, 0.05) is 23.9 Å². The van der Waals surface area contributed by atoms with E-state index in [0.29, 0.717) is 29.8 Å². The summed E-state index contributed by atoms with van der Waals surface area (Å²) in [5, 5.41) is 15.3. The van der Waals surface area contributed by atoms with Gasteiger partial charge < -0.3 is 0 Å². The Hall–Kier alpha value is -2.50. The molecule has 6 nitrogen and oxygen atoms in total. The van der Waals surface area contributed by atoms with Crippen LogP contribution in [0.3, 0.4) is 0 Å². The Morgan fingerprint density at radius 3 is 2.57 bits per heavy atom. The number of carbonyl (C=O) groups excluding carboxylic acids is 1. The summed E-state index contributed by atoms with van der Waals surface area (Å²) >= 11 is 0. The van der Waals surface area contributed by atoms with Crippen molar-refractivity contribution in [3.8, 4) is 0 Å². The van der Waals surface area contributed by atoms with Crippen molar-refractivity contribution >= 4 is 11.5 Å². The van der Waals surface area contributed by atoms with Gasteiger partial charge in [0.15, 0.2) is 5.78 Å². The second kappa shape index (κ2) is 5.87. The molecule has 2 rings (SSSR count). The Balaban J connectivity index is 2.24. The fourth-order valence-electron chi connectivity index (χ4n) is 2.55. The standard InChI is InChI=1S/C15H17N3O3/c1-10-15(12(3)19)11(2)17(16-10)9-8-13-6-4-5-7-14(13)18(20)21/h4-7H,8-9H2,1-3H3. The van der Waals surface area contributed by atoms with E-state index in [4.69, 9.17) is 0 Å². The molecule has 2 aromatic rings. The molecule has 0 saturated carbocycles. The SMILES string of the molecule is CC(=O)c1c(C)nn(CCc2ccccc2[N+](=O)[O-])c1C. The van der Waals surface area contributed by atoms with Crippen LogP contribution in [0.1, 0.15) is 34.2 Å². The van der Waals surface area contributed by atoms with Crippen molar-refractivity contribution in [1.82, 2.24) is 9.78 Å². The summed E-state index contributed by atoms with van der Waals surface area (Å²) in [7, 11) is 0. The van der Waals surface area contributed by atoms with Crippen LogP contribution >= 0.6 is 0 Å². The molecule has 0 atom stereocenters. The molecule has 0 fully saturated rings. The molecule has 1 aromatic heterocycles. The number of para-hydroxylation sites is 1. The van der Waals surface area contributed by atoms with Crippen molar-refractivity contribution in [2.24, 2.45) is 0 Å². The van der Waals surface area contributed by atoms with E-state index >= 15 is 0 Å². The molecule has 0 unspecified atom stereocenters. The first-order valence-corrected chi connectivity index (χ1v) is 6.69. The number of ketones is 1. The van der Waals surface area contributed by atoms with Gasteiger partial charge in [-0.25, -0.2) is 0 Å². The van der Waals surface area contributed by atoms with Gasteiger partial charge in [-0.2, -0.15) is 5.10 Å². The van der Waals surface area contributed by atoms with Crippen molar-refractivity contribution in [3.05, 3.63) is 56.9 Å². The number of nitrogens with zero attached hydrogens (tertiary/aromatic N) is 3. The van der Waals surface area contributed by atoms with Crippen LogP contribution in [0.25, 0.3) is 0 Å². The number of benzene rings is 1. The average Bonchev–Trinajstić information content (AvgIpc) is 2.71. The smallest absolute Gasteiger partial charge is 0.272 e. The largest absolute Gasteiger partial charge is 0.294 e. The molecule has 0 aliphatic heterocycles. The van der Waals surface area contributed by atoms with Crippen LogP contribution < -0.4 is 0 Å². The number of Topliss-reactive ketones (excluding diaryl/α,β-unsaturated/α-hetero) is 1. The minimum atomic E-state index is -0.377. The lowest BCUT2D eigenvalue weighted by atomic mass is 10.1. The second-order valence-corrected chi connectivity index (χ2v) is 4.96. The average molecular weight is 287 g/mol. The third kappa shape index (κ3) is 2.99. The predicted molar refractivity (Wildman–Crippen MR) is 78.5 cm³/mol. The molecule has 0 bridgehead atoms. The second-order valence-electron chi connectivity index (χ2n) is 4.96. The lowest BCUT2D eigenvalue weighted by Crippen LogP contribution is -2.07. The van der Waals surface area contributed by atoms with E-state index in [1.165, 1.54) is 13.0 Å². The molecule has 0 aliphatic rings. The maximum atomic E-state index is 11.6. The number of nitro benzene ring substituents is 1. The van der Waals surface area contributed by atoms with Gasteiger partial charge in [-0.05, 0) is 27.2 Å². The van der Waals surface area contributed by atoms with E-state index in [-0.39, 0.29) is 16.4 Å². The number of hydrogen-bond acceptors (Lipinski definition) is 4. The summed E-state index contributed by atoms with van der Waals surface area (Å²) in [4.78, 5) is 22.2. The van der Waals surface area contributed by atoms with Crippen LogP contribution in [0.4, 0.5) is 5.69 Å². The normalized spacial score (nSPS) is 10.6. The van der Waals surface area contributed by atoms with Crippen LogP contribution in [-0.4, -0.2) is 20.5 Å². The third-order valence-corrected chi connectivity index (χ3v) is 3.51. The number of rotatable bonds is 5. The van der Waals surface area contributed by atoms with Crippen molar-refractivity contribution in [2.45, 2.75) is 33.7 Å². The lowest BCUT2D eigenvalue weighted by Gasteiger charge is -2.06. The van der Waals surface area contributed by atoms with Crippen LogP contribution in [0.2, 0.25) is 0 Å². The van der Waals surface area contributed by atoms with Gasteiger partial charge >= 0.3 is 0 Å². The van der Waals surface area contributed by atoms with E-state index in [0.717, 1.165) is 5.69 Å². The molecule has 110 valence electrons. The molecule has 1 heterocycles. The molecule has 6 heteroatoms. The van der Waals surface area contributed by atoms with Crippen LogP contribution in [0.5, 0.6) is 0 Å². The molecule has 0 radical (unpaired) electrons. The molecule has 0 aliphatic carbocycles. The zero-order chi connectivity index (χ0) is 15.6. The van der Waals surface area contributed by atoms with E-state index in [9.17, 15) is 14.9 Å². The van der Waals surface area contributed by atoms with E-state index in [1.54, 1.807) is 29.8 Å². The number of aryl methyl sites for hydroxylation is 3.